The second-order valence-electron chi connectivity index (χ2n) is 6.23. The molecule has 1 heterocycles. The zero-order valence-electron chi connectivity index (χ0n) is 15.6. The van der Waals surface area contributed by atoms with Crippen molar-refractivity contribution in [3.8, 4) is 11.5 Å². The van der Waals surface area contributed by atoms with Crippen molar-refractivity contribution >= 4 is 11.9 Å². The van der Waals surface area contributed by atoms with E-state index in [1.807, 2.05) is 12.1 Å². The molecule has 2 rings (SSSR count). The fourth-order valence-corrected chi connectivity index (χ4v) is 2.80. The molecule has 0 fully saturated rings. The van der Waals surface area contributed by atoms with Crippen molar-refractivity contribution in [2.75, 3.05) is 14.2 Å². The summed E-state index contributed by atoms with van der Waals surface area (Å²) in [5, 5.41) is 12.1. The molecule has 7 heteroatoms. The molecule has 0 bridgehead atoms. The highest BCUT2D eigenvalue weighted by Gasteiger charge is 2.24. The summed E-state index contributed by atoms with van der Waals surface area (Å²) in [6.07, 6.45) is 3.63. The molecule has 1 aromatic carbocycles. The third kappa shape index (κ3) is 5.70. The maximum Gasteiger partial charge on any atom is 0.305 e. The molecule has 2 N–H and O–H groups in total. The number of methoxy groups -OCH3 is 2. The summed E-state index contributed by atoms with van der Waals surface area (Å²) in [4.78, 5) is 27.9. The Hall–Kier alpha value is -3.09. The number of carboxylic acid groups (broad SMARTS) is 1. The molecule has 0 spiro atoms. The molecule has 1 amide bonds. The molecule has 0 saturated carbocycles. The van der Waals surface area contributed by atoms with Gasteiger partial charge in [-0.3, -0.25) is 14.6 Å². The first-order chi connectivity index (χ1) is 12.9. The molecule has 0 aliphatic heterocycles. The van der Waals surface area contributed by atoms with Crippen LogP contribution in [0.3, 0.4) is 0 Å². The molecular weight excluding hydrogens is 348 g/mol. The Morgan fingerprint density at radius 3 is 2.44 bits per heavy atom. The zero-order chi connectivity index (χ0) is 19.8. The lowest BCUT2D eigenvalue weighted by Gasteiger charge is -2.22. The van der Waals surface area contributed by atoms with Crippen LogP contribution in [-0.2, 0) is 16.0 Å². The molecule has 2 atom stereocenters. The first-order valence-electron chi connectivity index (χ1n) is 8.57. The van der Waals surface area contributed by atoms with E-state index in [2.05, 4.69) is 10.3 Å². The third-order valence-corrected chi connectivity index (χ3v) is 4.25. The molecular formula is C20H24N2O5. The summed E-state index contributed by atoms with van der Waals surface area (Å²) in [7, 11) is 3.02. The second kappa shape index (κ2) is 9.56. The van der Waals surface area contributed by atoms with Gasteiger partial charge in [0.2, 0.25) is 5.91 Å². The van der Waals surface area contributed by atoms with E-state index in [1.54, 1.807) is 37.5 Å². The van der Waals surface area contributed by atoms with Crippen molar-refractivity contribution in [1.29, 1.82) is 0 Å². The number of nitrogens with one attached hydrogen (secondary N) is 1. The molecule has 27 heavy (non-hydrogen) atoms. The molecule has 144 valence electrons. The van der Waals surface area contributed by atoms with Crippen LogP contribution in [-0.4, -0.2) is 36.2 Å². The van der Waals surface area contributed by atoms with E-state index >= 15 is 0 Å². The van der Waals surface area contributed by atoms with Gasteiger partial charge in [-0.2, -0.15) is 0 Å². The number of aliphatic carboxylic acids is 1. The van der Waals surface area contributed by atoms with Crippen LogP contribution < -0.4 is 14.8 Å². The highest BCUT2D eigenvalue weighted by Crippen LogP contribution is 2.31. The molecule has 2 aromatic rings. The van der Waals surface area contributed by atoms with Crippen LogP contribution in [0.5, 0.6) is 11.5 Å². The van der Waals surface area contributed by atoms with E-state index < -0.39 is 12.0 Å². The number of aromatic nitrogens is 1. The van der Waals surface area contributed by atoms with Gasteiger partial charge in [0, 0.05) is 29.9 Å². The number of pyridine rings is 1. The molecule has 7 nitrogen and oxygen atoms in total. The Kier molecular flexibility index (Phi) is 7.16. The summed E-state index contributed by atoms with van der Waals surface area (Å²) >= 11 is 0. The van der Waals surface area contributed by atoms with Gasteiger partial charge >= 0.3 is 5.97 Å². The van der Waals surface area contributed by atoms with Gasteiger partial charge in [0.15, 0.2) is 0 Å². The number of ether oxygens (including phenoxy) is 2. The van der Waals surface area contributed by atoms with Gasteiger partial charge in [0.25, 0.3) is 0 Å². The molecule has 0 aliphatic rings. The number of carboxylic acids is 1. The number of carbonyl (C=O) groups is 2. The monoisotopic (exact) mass is 372 g/mol. The van der Waals surface area contributed by atoms with Crippen molar-refractivity contribution in [2.45, 2.75) is 25.8 Å². The average molecular weight is 372 g/mol. The Bertz CT molecular complexity index is 779. The minimum atomic E-state index is -1.01. The summed E-state index contributed by atoms with van der Waals surface area (Å²) in [6, 6.07) is 8.07. The van der Waals surface area contributed by atoms with Crippen LogP contribution in [0, 0.1) is 5.92 Å². The van der Waals surface area contributed by atoms with E-state index in [-0.39, 0.29) is 18.2 Å². The quantitative estimate of drug-likeness (QED) is 0.702. The van der Waals surface area contributed by atoms with Crippen molar-refractivity contribution in [3.63, 3.8) is 0 Å². The standard InChI is InChI=1S/C20H24N2O5/c1-13(10-14-6-8-21-9-7-14)20(25)22-17(12-19(23)24)16-5-4-15(26-2)11-18(16)27-3/h4-9,11,13,17H,10,12H2,1-3H3,(H,22,25)(H,23,24). The fourth-order valence-electron chi connectivity index (χ4n) is 2.80. The van der Waals surface area contributed by atoms with E-state index in [0.717, 1.165) is 5.56 Å². The average Bonchev–Trinajstić information content (AvgIpc) is 2.67. The second-order valence-corrected chi connectivity index (χ2v) is 6.23. The van der Waals surface area contributed by atoms with Crippen LogP contribution in [0.2, 0.25) is 0 Å². The molecule has 1 aromatic heterocycles. The Labute approximate surface area is 158 Å². The Morgan fingerprint density at radius 1 is 1.15 bits per heavy atom. The summed E-state index contributed by atoms with van der Waals surface area (Å²) < 4.78 is 10.5. The molecule has 2 unspecified atom stereocenters. The summed E-state index contributed by atoms with van der Waals surface area (Å²) in [5.74, 6) is -0.520. The lowest BCUT2D eigenvalue weighted by atomic mass is 9.98. The van der Waals surface area contributed by atoms with E-state index in [0.29, 0.717) is 23.5 Å². The molecule has 0 radical (unpaired) electrons. The van der Waals surface area contributed by atoms with Crippen LogP contribution in [0.25, 0.3) is 0 Å². The number of rotatable bonds is 9. The lowest BCUT2D eigenvalue weighted by molar-refractivity contribution is -0.137. The third-order valence-electron chi connectivity index (χ3n) is 4.25. The summed E-state index contributed by atoms with van der Waals surface area (Å²) in [5.41, 5.74) is 1.58. The highest BCUT2D eigenvalue weighted by molar-refractivity contribution is 5.80. The van der Waals surface area contributed by atoms with Gasteiger partial charge < -0.3 is 19.9 Å². The largest absolute Gasteiger partial charge is 0.497 e. The van der Waals surface area contributed by atoms with Crippen LogP contribution in [0.15, 0.2) is 42.7 Å². The highest BCUT2D eigenvalue weighted by atomic mass is 16.5. The minimum absolute atomic E-state index is 0.226. The Morgan fingerprint density at radius 2 is 1.85 bits per heavy atom. The number of carbonyl (C=O) groups excluding carboxylic acids is 1. The molecule has 0 saturated heterocycles. The number of hydrogen-bond donors (Lipinski definition) is 2. The predicted octanol–water partition coefficient (Wildman–Crippen LogP) is 2.61. The van der Waals surface area contributed by atoms with Crippen molar-refractivity contribution in [1.82, 2.24) is 10.3 Å². The van der Waals surface area contributed by atoms with Gasteiger partial charge in [-0.05, 0) is 36.2 Å². The minimum Gasteiger partial charge on any atom is -0.497 e. The first-order valence-corrected chi connectivity index (χ1v) is 8.57. The maximum absolute atomic E-state index is 12.7. The lowest BCUT2D eigenvalue weighted by Crippen LogP contribution is -2.35. The number of benzene rings is 1. The maximum atomic E-state index is 12.7. The number of hydrogen-bond acceptors (Lipinski definition) is 5. The fraction of sp³-hybridized carbons (Fsp3) is 0.350. The topological polar surface area (TPSA) is 97.8 Å². The smallest absolute Gasteiger partial charge is 0.305 e. The summed E-state index contributed by atoms with van der Waals surface area (Å²) in [6.45, 7) is 1.80. The number of nitrogens with zero attached hydrogens (tertiary/aromatic N) is 1. The van der Waals surface area contributed by atoms with E-state index in [4.69, 9.17) is 9.47 Å². The zero-order valence-corrected chi connectivity index (χ0v) is 15.6. The van der Waals surface area contributed by atoms with Crippen molar-refractivity contribution in [2.24, 2.45) is 5.92 Å². The van der Waals surface area contributed by atoms with Gasteiger partial charge in [-0.1, -0.05) is 6.92 Å². The van der Waals surface area contributed by atoms with Crippen LogP contribution >= 0.6 is 0 Å². The van der Waals surface area contributed by atoms with E-state index in [9.17, 15) is 14.7 Å². The molecule has 0 aliphatic carbocycles. The van der Waals surface area contributed by atoms with Crippen molar-refractivity contribution < 1.29 is 24.2 Å². The van der Waals surface area contributed by atoms with Crippen LogP contribution in [0.1, 0.15) is 30.5 Å². The van der Waals surface area contributed by atoms with Gasteiger partial charge in [-0.25, -0.2) is 0 Å². The van der Waals surface area contributed by atoms with Crippen molar-refractivity contribution in [3.05, 3.63) is 53.9 Å². The first kappa shape index (κ1) is 20.2. The predicted molar refractivity (Wildman–Crippen MR) is 99.8 cm³/mol. The van der Waals surface area contributed by atoms with Crippen LogP contribution in [0.4, 0.5) is 0 Å². The van der Waals surface area contributed by atoms with Gasteiger partial charge in [0.1, 0.15) is 11.5 Å². The van der Waals surface area contributed by atoms with E-state index in [1.165, 1.54) is 14.2 Å². The van der Waals surface area contributed by atoms with Gasteiger partial charge in [-0.15, -0.1) is 0 Å². The number of amides is 1. The normalized spacial score (nSPS) is 12.7. The SMILES string of the molecule is COc1ccc(C(CC(=O)O)NC(=O)C(C)Cc2ccncc2)c(OC)c1. The Balaban J connectivity index is 2.19. The van der Waals surface area contributed by atoms with Gasteiger partial charge in [0.05, 0.1) is 26.7 Å².